The number of fused-ring (bicyclic) bond motifs is 1. The number of carbonyl (C=O) groups is 1. The SMILES string of the molecule is C[C@H](NC(=O)c1cccc(S(=O)(=O)N2CCCCC2)c1)c1ccc2c(c1)CCCC2. The first-order valence-electron chi connectivity index (χ1n) is 11.0. The summed E-state index contributed by atoms with van der Waals surface area (Å²) in [5.41, 5.74) is 4.26. The van der Waals surface area contributed by atoms with Gasteiger partial charge in [-0.05, 0) is 80.3 Å². The van der Waals surface area contributed by atoms with E-state index in [1.807, 2.05) is 6.92 Å². The van der Waals surface area contributed by atoms with E-state index in [1.54, 1.807) is 18.2 Å². The molecule has 1 heterocycles. The van der Waals surface area contributed by atoms with E-state index in [1.165, 1.54) is 34.3 Å². The van der Waals surface area contributed by atoms with E-state index >= 15 is 0 Å². The molecule has 0 radical (unpaired) electrons. The zero-order valence-electron chi connectivity index (χ0n) is 17.6. The Kier molecular flexibility index (Phi) is 6.25. The van der Waals surface area contributed by atoms with Gasteiger partial charge in [-0.25, -0.2) is 8.42 Å². The lowest BCUT2D eigenvalue weighted by Crippen LogP contribution is -2.35. The Labute approximate surface area is 179 Å². The molecule has 160 valence electrons. The number of hydrogen-bond donors (Lipinski definition) is 1. The highest BCUT2D eigenvalue weighted by atomic mass is 32.2. The van der Waals surface area contributed by atoms with Crippen LogP contribution in [0.4, 0.5) is 0 Å². The lowest BCUT2D eigenvalue weighted by molar-refractivity contribution is 0.0939. The number of nitrogens with zero attached hydrogens (tertiary/aromatic N) is 1. The summed E-state index contributed by atoms with van der Waals surface area (Å²) >= 11 is 0. The Morgan fingerprint density at radius 2 is 1.67 bits per heavy atom. The fourth-order valence-electron chi connectivity index (χ4n) is 4.44. The molecule has 0 bridgehead atoms. The van der Waals surface area contributed by atoms with E-state index in [0.29, 0.717) is 18.7 Å². The standard InChI is InChI=1S/C24H30N2O3S/c1-18(20-13-12-19-8-3-4-9-21(19)16-20)25-24(27)22-10-7-11-23(17-22)30(28,29)26-14-5-2-6-15-26/h7,10-13,16-18H,2-6,8-9,14-15H2,1H3,(H,25,27)/t18-/m0/s1. The van der Waals surface area contributed by atoms with Crippen molar-refractivity contribution in [3.05, 3.63) is 64.7 Å². The molecule has 0 spiro atoms. The zero-order valence-corrected chi connectivity index (χ0v) is 18.4. The lowest BCUT2D eigenvalue weighted by atomic mass is 9.89. The van der Waals surface area contributed by atoms with Crippen molar-refractivity contribution in [1.29, 1.82) is 0 Å². The average molecular weight is 427 g/mol. The van der Waals surface area contributed by atoms with Crippen molar-refractivity contribution in [2.24, 2.45) is 0 Å². The summed E-state index contributed by atoms with van der Waals surface area (Å²) in [5, 5.41) is 3.03. The molecular weight excluding hydrogens is 396 g/mol. The average Bonchev–Trinajstić information content (AvgIpc) is 2.79. The summed E-state index contributed by atoms with van der Waals surface area (Å²) in [6, 6.07) is 12.7. The molecule has 0 aromatic heterocycles. The molecule has 1 amide bonds. The topological polar surface area (TPSA) is 66.5 Å². The fourth-order valence-corrected chi connectivity index (χ4v) is 6.00. The Hall–Kier alpha value is -2.18. The first-order chi connectivity index (χ1) is 14.4. The Morgan fingerprint density at radius 3 is 2.43 bits per heavy atom. The number of aryl methyl sites for hydroxylation is 2. The van der Waals surface area contributed by atoms with Gasteiger partial charge in [0.2, 0.25) is 10.0 Å². The van der Waals surface area contributed by atoms with Crippen molar-refractivity contribution >= 4 is 15.9 Å². The Bertz CT molecular complexity index is 1030. The second-order valence-corrected chi connectivity index (χ2v) is 10.4. The van der Waals surface area contributed by atoms with E-state index in [9.17, 15) is 13.2 Å². The van der Waals surface area contributed by atoms with E-state index in [4.69, 9.17) is 0 Å². The third kappa shape index (κ3) is 4.44. The highest BCUT2D eigenvalue weighted by Gasteiger charge is 2.26. The maximum atomic E-state index is 12.9. The zero-order chi connectivity index (χ0) is 21.1. The third-order valence-corrected chi connectivity index (χ3v) is 8.16. The highest BCUT2D eigenvalue weighted by Crippen LogP contribution is 2.25. The maximum absolute atomic E-state index is 12.9. The predicted molar refractivity (Wildman–Crippen MR) is 118 cm³/mol. The summed E-state index contributed by atoms with van der Waals surface area (Å²) in [5.74, 6) is -0.254. The van der Waals surface area contributed by atoms with Gasteiger partial charge in [0.05, 0.1) is 10.9 Å². The van der Waals surface area contributed by atoms with Gasteiger partial charge in [0, 0.05) is 18.7 Å². The molecular formula is C24H30N2O3S. The molecule has 2 aromatic rings. The first kappa shape index (κ1) is 21.1. The van der Waals surface area contributed by atoms with Crippen LogP contribution in [0, 0.1) is 0 Å². The molecule has 0 saturated carbocycles. The summed E-state index contributed by atoms with van der Waals surface area (Å²) in [6.45, 7) is 3.07. The summed E-state index contributed by atoms with van der Waals surface area (Å²) in [4.78, 5) is 13.0. The minimum atomic E-state index is -3.56. The van der Waals surface area contributed by atoms with Crippen molar-refractivity contribution < 1.29 is 13.2 Å². The summed E-state index contributed by atoms with van der Waals surface area (Å²) in [7, 11) is -3.56. The molecule has 1 aliphatic heterocycles. The fraction of sp³-hybridized carbons (Fsp3) is 0.458. The minimum absolute atomic E-state index is 0.146. The number of hydrogen-bond acceptors (Lipinski definition) is 3. The molecule has 1 atom stereocenters. The van der Waals surface area contributed by atoms with Gasteiger partial charge >= 0.3 is 0 Å². The lowest BCUT2D eigenvalue weighted by Gasteiger charge is -2.26. The van der Waals surface area contributed by atoms with Crippen LogP contribution in [0.25, 0.3) is 0 Å². The van der Waals surface area contributed by atoms with E-state index < -0.39 is 10.0 Å². The van der Waals surface area contributed by atoms with Gasteiger partial charge in [-0.2, -0.15) is 4.31 Å². The molecule has 6 heteroatoms. The van der Waals surface area contributed by atoms with Crippen LogP contribution in [0.1, 0.15) is 72.1 Å². The molecule has 1 N–H and O–H groups in total. The number of carbonyl (C=O) groups excluding carboxylic acids is 1. The number of nitrogens with one attached hydrogen (secondary N) is 1. The highest BCUT2D eigenvalue weighted by molar-refractivity contribution is 7.89. The second-order valence-electron chi connectivity index (χ2n) is 8.42. The van der Waals surface area contributed by atoms with Gasteiger partial charge in [0.25, 0.3) is 5.91 Å². The molecule has 1 fully saturated rings. The van der Waals surface area contributed by atoms with Crippen LogP contribution in [0.2, 0.25) is 0 Å². The van der Waals surface area contributed by atoms with Gasteiger partial charge in [-0.1, -0.05) is 30.7 Å². The monoisotopic (exact) mass is 426 g/mol. The van der Waals surface area contributed by atoms with Crippen molar-refractivity contribution in [2.75, 3.05) is 13.1 Å². The third-order valence-electron chi connectivity index (χ3n) is 6.27. The normalized spacial score (nSPS) is 18.4. The largest absolute Gasteiger partial charge is 0.346 e. The van der Waals surface area contributed by atoms with E-state index in [-0.39, 0.29) is 16.8 Å². The molecule has 2 aliphatic rings. The van der Waals surface area contributed by atoms with E-state index in [0.717, 1.165) is 37.7 Å². The van der Waals surface area contributed by atoms with Crippen molar-refractivity contribution in [3.63, 3.8) is 0 Å². The Morgan fingerprint density at radius 1 is 0.933 bits per heavy atom. The number of piperidine rings is 1. The van der Waals surface area contributed by atoms with Gasteiger partial charge in [0.15, 0.2) is 0 Å². The summed E-state index contributed by atoms with van der Waals surface area (Å²) in [6.07, 6.45) is 7.53. The molecule has 4 rings (SSSR count). The molecule has 5 nitrogen and oxygen atoms in total. The number of amides is 1. The van der Waals surface area contributed by atoms with Crippen molar-refractivity contribution in [1.82, 2.24) is 9.62 Å². The van der Waals surface area contributed by atoms with Crippen LogP contribution >= 0.6 is 0 Å². The van der Waals surface area contributed by atoms with Crippen molar-refractivity contribution in [2.45, 2.75) is 62.8 Å². The van der Waals surface area contributed by atoms with Crippen molar-refractivity contribution in [3.8, 4) is 0 Å². The van der Waals surface area contributed by atoms with Crippen LogP contribution in [0.3, 0.4) is 0 Å². The van der Waals surface area contributed by atoms with Gasteiger partial charge in [-0.15, -0.1) is 0 Å². The maximum Gasteiger partial charge on any atom is 0.251 e. The molecule has 1 saturated heterocycles. The number of rotatable bonds is 5. The van der Waals surface area contributed by atoms with Crippen LogP contribution in [-0.2, 0) is 22.9 Å². The van der Waals surface area contributed by atoms with Crippen LogP contribution in [0.15, 0.2) is 47.4 Å². The van der Waals surface area contributed by atoms with Gasteiger partial charge in [-0.3, -0.25) is 4.79 Å². The molecule has 30 heavy (non-hydrogen) atoms. The molecule has 0 unspecified atom stereocenters. The van der Waals surface area contributed by atoms with Crippen LogP contribution in [-0.4, -0.2) is 31.7 Å². The second kappa shape index (κ2) is 8.90. The Balaban J connectivity index is 1.49. The quantitative estimate of drug-likeness (QED) is 0.778. The summed E-state index contributed by atoms with van der Waals surface area (Å²) < 4.78 is 27.4. The number of benzene rings is 2. The van der Waals surface area contributed by atoms with E-state index in [2.05, 4.69) is 23.5 Å². The smallest absolute Gasteiger partial charge is 0.251 e. The molecule has 1 aliphatic carbocycles. The van der Waals surface area contributed by atoms with Crippen LogP contribution in [0.5, 0.6) is 0 Å². The van der Waals surface area contributed by atoms with Crippen LogP contribution < -0.4 is 5.32 Å². The first-order valence-corrected chi connectivity index (χ1v) is 12.4. The van der Waals surface area contributed by atoms with Gasteiger partial charge in [0.1, 0.15) is 0 Å². The number of sulfonamides is 1. The predicted octanol–water partition coefficient (Wildman–Crippen LogP) is 4.23. The van der Waals surface area contributed by atoms with Gasteiger partial charge < -0.3 is 5.32 Å². The minimum Gasteiger partial charge on any atom is -0.346 e. The molecule has 2 aromatic carbocycles.